The highest BCUT2D eigenvalue weighted by atomic mass is 32.1. The minimum atomic E-state index is -0.946. The Labute approximate surface area is 142 Å². The van der Waals surface area contributed by atoms with Crippen LogP contribution in [-0.4, -0.2) is 52.7 Å². The van der Waals surface area contributed by atoms with Crippen LogP contribution in [0.3, 0.4) is 0 Å². The number of rotatable bonds is 7. The molecule has 3 heterocycles. The Bertz CT molecular complexity index is 691. The number of carbonyl (C=O) groups excluding carboxylic acids is 1. The van der Waals surface area contributed by atoms with Gasteiger partial charge in [-0.2, -0.15) is 0 Å². The van der Waals surface area contributed by atoms with Crippen LogP contribution in [0.5, 0.6) is 0 Å². The number of ether oxygens (including phenoxy) is 1. The van der Waals surface area contributed by atoms with Crippen molar-refractivity contribution in [2.24, 2.45) is 0 Å². The fraction of sp³-hybridized carbons (Fsp3) is 0.438. The topological polar surface area (TPSA) is 92.9 Å². The van der Waals surface area contributed by atoms with Crippen molar-refractivity contribution in [3.05, 3.63) is 29.6 Å². The summed E-state index contributed by atoms with van der Waals surface area (Å²) in [5.74, 6) is -0.856. The average Bonchev–Trinajstić information content (AvgIpc) is 3.32. The highest BCUT2D eigenvalue weighted by Gasteiger charge is 2.28. The molecule has 0 aromatic carbocycles. The molecule has 1 aliphatic heterocycles. The van der Waals surface area contributed by atoms with E-state index in [1.807, 2.05) is 17.5 Å². The third-order valence-electron chi connectivity index (χ3n) is 3.85. The number of nitrogens with zero attached hydrogens (tertiary/aromatic N) is 2. The summed E-state index contributed by atoms with van der Waals surface area (Å²) in [5.41, 5.74) is 0.209. The first-order chi connectivity index (χ1) is 11.6. The second-order valence-corrected chi connectivity index (χ2v) is 6.49. The summed E-state index contributed by atoms with van der Waals surface area (Å²) in [6.45, 7) is 1.16. The number of amides is 1. The molecule has 2 aromatic rings. The number of carboxylic acid groups (broad SMARTS) is 1. The number of oxazole rings is 1. The Kier molecular flexibility index (Phi) is 5.27. The standard InChI is InChI=1S/C16H18N2O5S/c19-13(20)5-6-18(9-11-3-1-7-22-11)16(21)14-15(23-10-17-14)12-4-2-8-24-12/h2,4,8,10-11H,1,3,5-7,9H2,(H,19,20). The molecule has 2 aromatic heterocycles. The van der Waals surface area contributed by atoms with E-state index in [0.29, 0.717) is 18.9 Å². The van der Waals surface area contributed by atoms with Crippen molar-refractivity contribution in [2.75, 3.05) is 19.7 Å². The second-order valence-electron chi connectivity index (χ2n) is 5.54. The highest BCUT2D eigenvalue weighted by Crippen LogP contribution is 2.28. The lowest BCUT2D eigenvalue weighted by atomic mass is 10.2. The Morgan fingerprint density at radius 3 is 3.00 bits per heavy atom. The van der Waals surface area contributed by atoms with Crippen LogP contribution in [0.25, 0.3) is 10.6 Å². The maximum Gasteiger partial charge on any atom is 0.305 e. The molecule has 1 N–H and O–H groups in total. The molecule has 1 atom stereocenters. The summed E-state index contributed by atoms with van der Waals surface area (Å²) in [6, 6.07) is 3.72. The second kappa shape index (κ2) is 7.59. The van der Waals surface area contributed by atoms with Crippen molar-refractivity contribution in [2.45, 2.75) is 25.4 Å². The predicted octanol–water partition coefficient (Wildman–Crippen LogP) is 2.50. The minimum absolute atomic E-state index is 0.0557. The monoisotopic (exact) mass is 350 g/mol. The van der Waals surface area contributed by atoms with Crippen molar-refractivity contribution >= 4 is 23.2 Å². The Balaban J connectivity index is 1.79. The fourth-order valence-corrected chi connectivity index (χ4v) is 3.38. The molecular formula is C16H18N2O5S. The molecule has 1 aliphatic rings. The zero-order valence-electron chi connectivity index (χ0n) is 13.0. The molecule has 0 bridgehead atoms. The summed E-state index contributed by atoms with van der Waals surface area (Å²) in [5, 5.41) is 10.8. The maximum absolute atomic E-state index is 12.9. The molecule has 3 rings (SSSR count). The van der Waals surface area contributed by atoms with Gasteiger partial charge < -0.3 is 19.2 Å². The van der Waals surface area contributed by atoms with Crippen LogP contribution in [0.1, 0.15) is 29.8 Å². The summed E-state index contributed by atoms with van der Waals surface area (Å²) in [4.78, 5) is 30.1. The quantitative estimate of drug-likeness (QED) is 0.825. The third kappa shape index (κ3) is 3.82. The molecule has 0 spiro atoms. The van der Waals surface area contributed by atoms with Crippen LogP contribution in [0.2, 0.25) is 0 Å². The molecular weight excluding hydrogens is 332 g/mol. The number of aromatic nitrogens is 1. The number of carbonyl (C=O) groups is 2. The van der Waals surface area contributed by atoms with Gasteiger partial charge in [-0.25, -0.2) is 4.98 Å². The van der Waals surface area contributed by atoms with E-state index in [0.717, 1.165) is 17.7 Å². The van der Waals surface area contributed by atoms with Gasteiger partial charge >= 0.3 is 5.97 Å². The Hall–Kier alpha value is -2.19. The summed E-state index contributed by atoms with van der Waals surface area (Å²) >= 11 is 1.45. The molecule has 1 unspecified atom stereocenters. The lowest BCUT2D eigenvalue weighted by molar-refractivity contribution is -0.137. The minimum Gasteiger partial charge on any atom is -0.481 e. The van der Waals surface area contributed by atoms with E-state index in [1.165, 1.54) is 22.6 Å². The molecule has 128 valence electrons. The van der Waals surface area contributed by atoms with E-state index in [2.05, 4.69) is 4.98 Å². The van der Waals surface area contributed by atoms with Crippen molar-refractivity contribution in [1.82, 2.24) is 9.88 Å². The van der Waals surface area contributed by atoms with Crippen LogP contribution in [0.4, 0.5) is 0 Å². The number of aliphatic carboxylic acids is 1. The molecule has 1 saturated heterocycles. The lowest BCUT2D eigenvalue weighted by Crippen LogP contribution is -2.39. The van der Waals surface area contributed by atoms with Crippen molar-refractivity contribution in [1.29, 1.82) is 0 Å². The Morgan fingerprint density at radius 1 is 1.46 bits per heavy atom. The SMILES string of the molecule is O=C(O)CCN(CC1CCCO1)C(=O)c1ncoc1-c1cccs1. The normalized spacial score (nSPS) is 17.1. The van der Waals surface area contributed by atoms with Gasteiger partial charge in [0.25, 0.3) is 5.91 Å². The fourth-order valence-electron chi connectivity index (χ4n) is 2.67. The number of carboxylic acids is 1. The smallest absolute Gasteiger partial charge is 0.305 e. The molecule has 1 fully saturated rings. The van der Waals surface area contributed by atoms with Gasteiger partial charge in [-0.05, 0) is 24.3 Å². The van der Waals surface area contributed by atoms with Gasteiger partial charge in [-0.3, -0.25) is 9.59 Å². The molecule has 1 amide bonds. The van der Waals surface area contributed by atoms with Gasteiger partial charge in [-0.1, -0.05) is 6.07 Å². The van der Waals surface area contributed by atoms with Crippen LogP contribution in [0, 0.1) is 0 Å². The number of hydrogen-bond donors (Lipinski definition) is 1. The maximum atomic E-state index is 12.9. The summed E-state index contributed by atoms with van der Waals surface area (Å²) in [7, 11) is 0. The molecule has 7 nitrogen and oxygen atoms in total. The van der Waals surface area contributed by atoms with E-state index in [-0.39, 0.29) is 30.7 Å². The van der Waals surface area contributed by atoms with Crippen LogP contribution in [0.15, 0.2) is 28.3 Å². The van der Waals surface area contributed by atoms with Gasteiger partial charge in [0.15, 0.2) is 17.8 Å². The molecule has 0 saturated carbocycles. The van der Waals surface area contributed by atoms with Gasteiger partial charge in [0.2, 0.25) is 0 Å². The Morgan fingerprint density at radius 2 is 2.33 bits per heavy atom. The van der Waals surface area contributed by atoms with Gasteiger partial charge in [0, 0.05) is 19.7 Å². The number of thiophene rings is 1. The van der Waals surface area contributed by atoms with E-state index in [4.69, 9.17) is 14.3 Å². The highest BCUT2D eigenvalue weighted by molar-refractivity contribution is 7.13. The molecule has 24 heavy (non-hydrogen) atoms. The first kappa shape index (κ1) is 16.7. The summed E-state index contributed by atoms with van der Waals surface area (Å²) in [6.07, 6.45) is 2.89. The van der Waals surface area contributed by atoms with Gasteiger partial charge in [-0.15, -0.1) is 11.3 Å². The number of hydrogen-bond acceptors (Lipinski definition) is 6. The van der Waals surface area contributed by atoms with E-state index < -0.39 is 5.97 Å². The van der Waals surface area contributed by atoms with Crippen molar-refractivity contribution in [3.63, 3.8) is 0 Å². The first-order valence-corrected chi connectivity index (χ1v) is 8.63. The van der Waals surface area contributed by atoms with E-state index in [9.17, 15) is 9.59 Å². The van der Waals surface area contributed by atoms with E-state index >= 15 is 0 Å². The van der Waals surface area contributed by atoms with Crippen LogP contribution < -0.4 is 0 Å². The molecule has 0 aliphatic carbocycles. The average molecular weight is 350 g/mol. The zero-order valence-corrected chi connectivity index (χ0v) is 13.8. The van der Waals surface area contributed by atoms with Crippen molar-refractivity contribution < 1.29 is 23.8 Å². The lowest BCUT2D eigenvalue weighted by Gasteiger charge is -2.24. The summed E-state index contributed by atoms with van der Waals surface area (Å²) < 4.78 is 11.0. The van der Waals surface area contributed by atoms with Gasteiger partial charge in [0.05, 0.1) is 17.4 Å². The van der Waals surface area contributed by atoms with Gasteiger partial charge in [0.1, 0.15) is 0 Å². The molecule has 8 heteroatoms. The van der Waals surface area contributed by atoms with Crippen LogP contribution in [-0.2, 0) is 9.53 Å². The van der Waals surface area contributed by atoms with E-state index in [1.54, 1.807) is 0 Å². The predicted molar refractivity (Wildman–Crippen MR) is 86.9 cm³/mol. The largest absolute Gasteiger partial charge is 0.481 e. The van der Waals surface area contributed by atoms with Crippen molar-refractivity contribution in [3.8, 4) is 10.6 Å². The zero-order chi connectivity index (χ0) is 16.9. The third-order valence-corrected chi connectivity index (χ3v) is 4.71. The molecule has 0 radical (unpaired) electrons. The van der Waals surface area contributed by atoms with Crippen LogP contribution >= 0.6 is 11.3 Å². The first-order valence-electron chi connectivity index (χ1n) is 7.75.